The Morgan fingerprint density at radius 3 is 2.59 bits per heavy atom. The quantitative estimate of drug-likeness (QED) is 0.616. The Labute approximate surface area is 105 Å². The molecule has 0 bridgehead atoms. The lowest BCUT2D eigenvalue weighted by molar-refractivity contribution is 0.500. The zero-order chi connectivity index (χ0) is 13.0. The van der Waals surface area contributed by atoms with Crippen LogP contribution in [0.15, 0.2) is 24.3 Å². The Kier molecular flexibility index (Phi) is 5.09. The van der Waals surface area contributed by atoms with Crippen LogP contribution in [0.3, 0.4) is 0 Å². The summed E-state index contributed by atoms with van der Waals surface area (Å²) >= 11 is 5.51. The maximum atomic E-state index is 13.7. The first-order chi connectivity index (χ1) is 7.95. The van der Waals surface area contributed by atoms with Gasteiger partial charge in [-0.25, -0.2) is 8.78 Å². The van der Waals surface area contributed by atoms with Gasteiger partial charge < -0.3 is 5.32 Å². The van der Waals surface area contributed by atoms with E-state index in [2.05, 4.69) is 11.9 Å². The molecule has 1 unspecified atom stereocenters. The summed E-state index contributed by atoms with van der Waals surface area (Å²) < 4.78 is 27.0. The molecule has 0 aliphatic rings. The first-order valence-corrected chi connectivity index (χ1v) is 5.79. The number of benzene rings is 1. The molecule has 0 fully saturated rings. The summed E-state index contributed by atoms with van der Waals surface area (Å²) in [6.07, 6.45) is 1.43. The van der Waals surface area contributed by atoms with Gasteiger partial charge in [-0.3, -0.25) is 0 Å². The topological polar surface area (TPSA) is 12.0 Å². The number of allylic oxidation sites excluding steroid dienone is 1. The highest BCUT2D eigenvalue weighted by atomic mass is 35.5. The molecule has 0 spiro atoms. The molecule has 0 saturated heterocycles. The Balaban J connectivity index is 2.95. The summed E-state index contributed by atoms with van der Waals surface area (Å²) in [5.41, 5.74) is 1.32. The van der Waals surface area contributed by atoms with Crippen molar-refractivity contribution in [2.75, 3.05) is 7.05 Å². The standard InChI is InChI=1S/C13H16ClF2N/c1-8(2)4-5-13(17-3)9-6-12(16)10(14)7-11(9)15/h6-7,13,17H,1,4-5H2,2-3H3. The highest BCUT2D eigenvalue weighted by Crippen LogP contribution is 2.27. The summed E-state index contributed by atoms with van der Waals surface area (Å²) in [6, 6.07) is 1.92. The fourth-order valence-electron chi connectivity index (χ4n) is 1.65. The van der Waals surface area contributed by atoms with Crippen LogP contribution in [0.5, 0.6) is 0 Å². The van der Waals surface area contributed by atoms with Crippen LogP contribution in [0, 0.1) is 11.6 Å². The molecule has 0 heterocycles. The van der Waals surface area contributed by atoms with Gasteiger partial charge in [0.05, 0.1) is 5.02 Å². The Hall–Kier alpha value is -0.930. The molecule has 1 atom stereocenters. The van der Waals surface area contributed by atoms with E-state index in [0.29, 0.717) is 12.0 Å². The molecule has 4 heteroatoms. The lowest BCUT2D eigenvalue weighted by atomic mass is 9.99. The second-order valence-electron chi connectivity index (χ2n) is 4.12. The van der Waals surface area contributed by atoms with Crippen LogP contribution in [0.2, 0.25) is 5.02 Å². The largest absolute Gasteiger partial charge is 0.313 e. The highest BCUT2D eigenvalue weighted by Gasteiger charge is 2.16. The summed E-state index contributed by atoms with van der Waals surface area (Å²) in [5.74, 6) is -1.09. The highest BCUT2D eigenvalue weighted by molar-refractivity contribution is 6.30. The van der Waals surface area contributed by atoms with Crippen LogP contribution >= 0.6 is 11.6 Å². The minimum absolute atomic E-state index is 0.194. The predicted octanol–water partition coefficient (Wildman–Crippen LogP) is 4.24. The van der Waals surface area contributed by atoms with Crippen molar-refractivity contribution in [2.45, 2.75) is 25.8 Å². The fraction of sp³-hybridized carbons (Fsp3) is 0.385. The van der Waals surface area contributed by atoms with Gasteiger partial charge in [-0.2, -0.15) is 0 Å². The van der Waals surface area contributed by atoms with E-state index < -0.39 is 11.6 Å². The first kappa shape index (κ1) is 14.1. The minimum Gasteiger partial charge on any atom is -0.313 e. The van der Waals surface area contributed by atoms with E-state index in [1.165, 1.54) is 0 Å². The normalized spacial score (nSPS) is 12.5. The maximum Gasteiger partial charge on any atom is 0.142 e. The van der Waals surface area contributed by atoms with Gasteiger partial charge in [-0.1, -0.05) is 17.2 Å². The zero-order valence-electron chi connectivity index (χ0n) is 9.99. The maximum absolute atomic E-state index is 13.7. The molecule has 0 radical (unpaired) electrons. The van der Waals surface area contributed by atoms with E-state index in [-0.39, 0.29) is 11.1 Å². The van der Waals surface area contributed by atoms with E-state index in [0.717, 1.165) is 24.1 Å². The predicted molar refractivity (Wildman–Crippen MR) is 67.2 cm³/mol. The molecular formula is C13H16ClF2N. The Bertz CT molecular complexity index is 418. The van der Waals surface area contributed by atoms with Crippen molar-refractivity contribution in [3.8, 4) is 0 Å². The molecule has 0 amide bonds. The van der Waals surface area contributed by atoms with Crippen molar-refractivity contribution in [2.24, 2.45) is 0 Å². The van der Waals surface area contributed by atoms with Crippen LogP contribution in [0.4, 0.5) is 8.78 Å². The summed E-state index contributed by atoms with van der Waals surface area (Å²) in [7, 11) is 1.72. The van der Waals surface area contributed by atoms with Gasteiger partial charge in [0.2, 0.25) is 0 Å². The van der Waals surface area contributed by atoms with Crippen LogP contribution in [0.1, 0.15) is 31.4 Å². The van der Waals surface area contributed by atoms with Gasteiger partial charge in [0.25, 0.3) is 0 Å². The summed E-state index contributed by atoms with van der Waals surface area (Å²) in [4.78, 5) is 0. The number of hydrogen-bond donors (Lipinski definition) is 1. The lowest BCUT2D eigenvalue weighted by Gasteiger charge is -2.17. The fourth-order valence-corrected chi connectivity index (χ4v) is 1.80. The average Bonchev–Trinajstić information content (AvgIpc) is 2.25. The second kappa shape index (κ2) is 6.12. The molecule has 1 aromatic rings. The second-order valence-corrected chi connectivity index (χ2v) is 4.53. The molecule has 0 aliphatic heterocycles. The molecule has 17 heavy (non-hydrogen) atoms. The van der Waals surface area contributed by atoms with Crippen molar-refractivity contribution in [3.05, 3.63) is 46.5 Å². The molecule has 1 aromatic carbocycles. The molecule has 0 saturated carbocycles. The van der Waals surface area contributed by atoms with Crippen molar-refractivity contribution in [1.82, 2.24) is 5.32 Å². The molecule has 94 valence electrons. The Morgan fingerprint density at radius 1 is 1.41 bits per heavy atom. The monoisotopic (exact) mass is 259 g/mol. The van der Waals surface area contributed by atoms with Gasteiger partial charge in [0.1, 0.15) is 11.6 Å². The van der Waals surface area contributed by atoms with Crippen LogP contribution in [-0.2, 0) is 0 Å². The molecule has 1 N–H and O–H groups in total. The van der Waals surface area contributed by atoms with E-state index >= 15 is 0 Å². The van der Waals surface area contributed by atoms with Crippen molar-refractivity contribution in [3.63, 3.8) is 0 Å². The van der Waals surface area contributed by atoms with Gasteiger partial charge in [-0.15, -0.1) is 6.58 Å². The van der Waals surface area contributed by atoms with E-state index in [4.69, 9.17) is 11.6 Å². The van der Waals surface area contributed by atoms with Crippen molar-refractivity contribution < 1.29 is 8.78 Å². The van der Waals surface area contributed by atoms with Crippen LogP contribution in [0.25, 0.3) is 0 Å². The van der Waals surface area contributed by atoms with E-state index in [1.54, 1.807) is 7.05 Å². The first-order valence-electron chi connectivity index (χ1n) is 5.41. The minimum atomic E-state index is -0.598. The van der Waals surface area contributed by atoms with E-state index in [9.17, 15) is 8.78 Å². The summed E-state index contributed by atoms with van der Waals surface area (Å²) in [5, 5.41) is 2.78. The lowest BCUT2D eigenvalue weighted by Crippen LogP contribution is -2.18. The molecule has 1 rings (SSSR count). The SMILES string of the molecule is C=C(C)CCC(NC)c1cc(F)c(Cl)cc1F. The third kappa shape index (κ3) is 3.79. The third-order valence-corrected chi connectivity index (χ3v) is 2.91. The summed E-state index contributed by atoms with van der Waals surface area (Å²) in [6.45, 7) is 5.70. The van der Waals surface area contributed by atoms with Crippen molar-refractivity contribution >= 4 is 11.6 Å². The molecule has 0 aliphatic carbocycles. The number of nitrogens with one attached hydrogen (secondary N) is 1. The number of rotatable bonds is 5. The van der Waals surface area contributed by atoms with Crippen LogP contribution in [-0.4, -0.2) is 7.05 Å². The number of hydrogen-bond acceptors (Lipinski definition) is 1. The Morgan fingerprint density at radius 2 is 2.06 bits per heavy atom. The van der Waals surface area contributed by atoms with Gasteiger partial charge in [0.15, 0.2) is 0 Å². The van der Waals surface area contributed by atoms with Crippen molar-refractivity contribution in [1.29, 1.82) is 0 Å². The van der Waals surface area contributed by atoms with Crippen LogP contribution < -0.4 is 5.32 Å². The van der Waals surface area contributed by atoms with Gasteiger partial charge in [0, 0.05) is 11.6 Å². The number of halogens is 3. The molecular weight excluding hydrogens is 244 g/mol. The third-order valence-electron chi connectivity index (χ3n) is 2.62. The van der Waals surface area contributed by atoms with Gasteiger partial charge >= 0.3 is 0 Å². The molecule has 1 nitrogen and oxygen atoms in total. The molecule has 0 aromatic heterocycles. The average molecular weight is 260 g/mol. The van der Waals surface area contributed by atoms with E-state index in [1.807, 2.05) is 6.92 Å². The smallest absolute Gasteiger partial charge is 0.142 e. The van der Waals surface area contributed by atoms with Gasteiger partial charge in [-0.05, 0) is 38.9 Å². The zero-order valence-corrected chi connectivity index (χ0v) is 10.7.